The lowest BCUT2D eigenvalue weighted by Crippen LogP contribution is -2.56. The molecule has 1 fully saturated rings. The van der Waals surface area contributed by atoms with Gasteiger partial charge in [0.25, 0.3) is 0 Å². The van der Waals surface area contributed by atoms with Crippen molar-refractivity contribution in [1.29, 1.82) is 0 Å². The van der Waals surface area contributed by atoms with Crippen molar-refractivity contribution >= 4 is 5.91 Å². The number of carbonyl (C=O) groups excluding carboxylic acids is 1. The molecule has 1 heterocycles. The Hall–Kier alpha value is -0.610. The van der Waals surface area contributed by atoms with Crippen molar-refractivity contribution in [2.45, 2.75) is 39.7 Å². The van der Waals surface area contributed by atoms with Crippen LogP contribution in [0.3, 0.4) is 0 Å². The van der Waals surface area contributed by atoms with Crippen LogP contribution in [0.4, 0.5) is 0 Å². The lowest BCUT2D eigenvalue weighted by molar-refractivity contribution is -0.132. The number of hydrogen-bond donors (Lipinski definition) is 2. The molecular formula is C12H24N2O2. The molecule has 0 spiro atoms. The number of hydrogen-bond acceptors (Lipinski definition) is 3. The standard InChI is InChI=1S/C12H24N2O2/c1-11(2,12(3,4)13)10(15)14-7-9-5-6-16-8-9/h9H,5-8,13H2,1-4H3,(H,14,15). The van der Waals surface area contributed by atoms with E-state index in [4.69, 9.17) is 10.5 Å². The Balaban J connectivity index is 2.45. The summed E-state index contributed by atoms with van der Waals surface area (Å²) in [7, 11) is 0. The monoisotopic (exact) mass is 228 g/mol. The van der Waals surface area contributed by atoms with E-state index in [0.29, 0.717) is 12.5 Å². The minimum atomic E-state index is -0.563. The lowest BCUT2D eigenvalue weighted by Gasteiger charge is -2.37. The van der Waals surface area contributed by atoms with E-state index >= 15 is 0 Å². The van der Waals surface area contributed by atoms with Crippen molar-refractivity contribution in [3.63, 3.8) is 0 Å². The van der Waals surface area contributed by atoms with Crippen LogP contribution in [0, 0.1) is 11.3 Å². The average Bonchev–Trinajstić information content (AvgIpc) is 2.64. The zero-order valence-electron chi connectivity index (χ0n) is 10.8. The maximum Gasteiger partial charge on any atom is 0.227 e. The van der Waals surface area contributed by atoms with E-state index in [-0.39, 0.29) is 5.91 Å². The van der Waals surface area contributed by atoms with E-state index in [0.717, 1.165) is 19.6 Å². The largest absolute Gasteiger partial charge is 0.381 e. The molecule has 0 radical (unpaired) electrons. The van der Waals surface area contributed by atoms with Gasteiger partial charge in [0.1, 0.15) is 0 Å². The van der Waals surface area contributed by atoms with E-state index < -0.39 is 11.0 Å². The van der Waals surface area contributed by atoms with Crippen LogP contribution in [0.5, 0.6) is 0 Å². The van der Waals surface area contributed by atoms with Crippen molar-refractivity contribution in [2.24, 2.45) is 17.1 Å². The molecular weight excluding hydrogens is 204 g/mol. The van der Waals surface area contributed by atoms with Crippen molar-refractivity contribution in [3.05, 3.63) is 0 Å². The quantitative estimate of drug-likeness (QED) is 0.751. The molecule has 0 aromatic carbocycles. The predicted octanol–water partition coefficient (Wildman–Crippen LogP) is 0.903. The number of rotatable bonds is 4. The summed E-state index contributed by atoms with van der Waals surface area (Å²) in [6.45, 7) is 9.79. The van der Waals surface area contributed by atoms with Crippen LogP contribution in [-0.4, -0.2) is 31.2 Å². The highest BCUT2D eigenvalue weighted by Gasteiger charge is 2.40. The van der Waals surface area contributed by atoms with Crippen LogP contribution in [0.1, 0.15) is 34.1 Å². The summed E-state index contributed by atoms with van der Waals surface area (Å²) in [6.07, 6.45) is 1.03. The molecule has 3 N–H and O–H groups in total. The Morgan fingerprint density at radius 3 is 2.50 bits per heavy atom. The maximum absolute atomic E-state index is 12.0. The summed E-state index contributed by atoms with van der Waals surface area (Å²) in [5.41, 5.74) is 4.92. The molecule has 0 saturated carbocycles. The number of amides is 1. The predicted molar refractivity (Wildman–Crippen MR) is 64.0 cm³/mol. The number of nitrogens with one attached hydrogen (secondary N) is 1. The minimum absolute atomic E-state index is 0.0203. The smallest absolute Gasteiger partial charge is 0.227 e. The van der Waals surface area contributed by atoms with E-state index in [2.05, 4.69) is 5.32 Å². The van der Waals surface area contributed by atoms with Crippen LogP contribution < -0.4 is 11.1 Å². The Kier molecular flexibility index (Phi) is 3.97. The molecule has 1 unspecified atom stereocenters. The van der Waals surface area contributed by atoms with Gasteiger partial charge >= 0.3 is 0 Å². The van der Waals surface area contributed by atoms with Crippen molar-refractivity contribution in [3.8, 4) is 0 Å². The van der Waals surface area contributed by atoms with Gasteiger partial charge < -0.3 is 15.8 Å². The first-order valence-electron chi connectivity index (χ1n) is 5.90. The highest BCUT2D eigenvalue weighted by molar-refractivity contribution is 5.83. The van der Waals surface area contributed by atoms with Crippen LogP contribution in [0.15, 0.2) is 0 Å². The summed E-state index contributed by atoms with van der Waals surface area (Å²) in [4.78, 5) is 12.0. The molecule has 94 valence electrons. The van der Waals surface area contributed by atoms with Gasteiger partial charge in [-0.2, -0.15) is 0 Å². The second-order valence-electron chi connectivity index (χ2n) is 5.79. The molecule has 16 heavy (non-hydrogen) atoms. The topological polar surface area (TPSA) is 64.4 Å². The van der Waals surface area contributed by atoms with Crippen LogP contribution >= 0.6 is 0 Å². The summed E-state index contributed by atoms with van der Waals surface area (Å²) in [5.74, 6) is 0.479. The lowest BCUT2D eigenvalue weighted by atomic mass is 9.74. The second kappa shape index (κ2) is 4.72. The van der Waals surface area contributed by atoms with E-state index in [1.165, 1.54) is 0 Å². The third-order valence-electron chi connectivity index (χ3n) is 3.75. The molecule has 1 amide bonds. The van der Waals surface area contributed by atoms with E-state index in [1.807, 2.05) is 27.7 Å². The highest BCUT2D eigenvalue weighted by atomic mass is 16.5. The molecule has 1 atom stereocenters. The first kappa shape index (κ1) is 13.5. The molecule has 4 heteroatoms. The first-order valence-corrected chi connectivity index (χ1v) is 5.90. The van der Waals surface area contributed by atoms with Gasteiger partial charge in [0, 0.05) is 24.6 Å². The average molecular weight is 228 g/mol. The van der Waals surface area contributed by atoms with Gasteiger partial charge in [-0.05, 0) is 34.1 Å². The van der Waals surface area contributed by atoms with Crippen molar-refractivity contribution in [1.82, 2.24) is 5.32 Å². The van der Waals surface area contributed by atoms with E-state index in [1.54, 1.807) is 0 Å². The number of carbonyl (C=O) groups is 1. The van der Waals surface area contributed by atoms with Crippen molar-refractivity contribution in [2.75, 3.05) is 19.8 Å². The maximum atomic E-state index is 12.0. The minimum Gasteiger partial charge on any atom is -0.381 e. The summed E-state index contributed by atoms with van der Waals surface area (Å²) >= 11 is 0. The first-order chi connectivity index (χ1) is 7.25. The SMILES string of the molecule is CC(C)(N)C(C)(C)C(=O)NCC1CCOC1. The fourth-order valence-electron chi connectivity index (χ4n) is 1.49. The zero-order valence-corrected chi connectivity index (χ0v) is 10.8. The van der Waals surface area contributed by atoms with Gasteiger partial charge in [-0.1, -0.05) is 0 Å². The Morgan fingerprint density at radius 2 is 2.06 bits per heavy atom. The van der Waals surface area contributed by atoms with Crippen LogP contribution in [0.25, 0.3) is 0 Å². The second-order valence-corrected chi connectivity index (χ2v) is 5.79. The Bertz CT molecular complexity index is 250. The molecule has 0 aromatic heterocycles. The molecule has 0 aromatic rings. The molecule has 4 nitrogen and oxygen atoms in total. The number of nitrogens with two attached hydrogens (primary N) is 1. The molecule has 0 aliphatic carbocycles. The van der Waals surface area contributed by atoms with E-state index in [9.17, 15) is 4.79 Å². The van der Waals surface area contributed by atoms with Crippen LogP contribution in [0.2, 0.25) is 0 Å². The molecule has 0 bridgehead atoms. The Labute approximate surface area is 97.9 Å². The van der Waals surface area contributed by atoms with Gasteiger partial charge in [-0.25, -0.2) is 0 Å². The fraction of sp³-hybridized carbons (Fsp3) is 0.917. The summed E-state index contributed by atoms with van der Waals surface area (Å²) in [5, 5.41) is 2.97. The van der Waals surface area contributed by atoms with Crippen molar-refractivity contribution < 1.29 is 9.53 Å². The summed E-state index contributed by atoms with van der Waals surface area (Å²) in [6, 6.07) is 0. The van der Waals surface area contributed by atoms with Gasteiger partial charge in [0.2, 0.25) is 5.91 Å². The third-order valence-corrected chi connectivity index (χ3v) is 3.75. The van der Waals surface area contributed by atoms with Crippen LogP contribution in [-0.2, 0) is 9.53 Å². The molecule has 1 aliphatic rings. The molecule has 1 aliphatic heterocycles. The Morgan fingerprint density at radius 1 is 1.44 bits per heavy atom. The van der Waals surface area contributed by atoms with Gasteiger partial charge in [-0.15, -0.1) is 0 Å². The van der Waals surface area contributed by atoms with Gasteiger partial charge in [-0.3, -0.25) is 4.79 Å². The molecule has 1 saturated heterocycles. The van der Waals surface area contributed by atoms with Gasteiger partial charge in [0.15, 0.2) is 0 Å². The highest BCUT2D eigenvalue weighted by Crippen LogP contribution is 2.28. The fourth-order valence-corrected chi connectivity index (χ4v) is 1.49. The zero-order chi connectivity index (χ0) is 12.4. The summed E-state index contributed by atoms with van der Waals surface area (Å²) < 4.78 is 5.27. The molecule has 1 rings (SSSR count). The number of ether oxygens (including phenoxy) is 1. The normalized spacial score (nSPS) is 22.2. The van der Waals surface area contributed by atoms with Gasteiger partial charge in [0.05, 0.1) is 12.0 Å². The third kappa shape index (κ3) is 2.95.